The van der Waals surface area contributed by atoms with Crippen molar-refractivity contribution < 1.29 is 13.0 Å². The van der Waals surface area contributed by atoms with Crippen LogP contribution in [-0.2, 0) is 10.1 Å². The number of nitrogens with one attached hydrogen (secondary N) is 1. The van der Waals surface area contributed by atoms with Crippen molar-refractivity contribution in [3.05, 3.63) is 0 Å². The normalized spacial score (nSPS) is 10.4. The van der Waals surface area contributed by atoms with Crippen molar-refractivity contribution in [3.63, 3.8) is 0 Å². The molecule has 0 heterocycles. The van der Waals surface area contributed by atoms with Crippen molar-refractivity contribution in [1.82, 2.24) is 4.84 Å². The van der Waals surface area contributed by atoms with Gasteiger partial charge >= 0.3 is 29.6 Å². The van der Waals surface area contributed by atoms with Crippen LogP contribution in [0.5, 0.6) is 0 Å². The van der Waals surface area contributed by atoms with Gasteiger partial charge in [-0.25, -0.2) is 4.84 Å². The molecule has 0 bridgehead atoms. The van der Waals surface area contributed by atoms with Gasteiger partial charge in [0.2, 0.25) is 0 Å². The molecular weight excluding hydrogens is 177 g/mol. The zero-order valence-electron chi connectivity index (χ0n) is 3.96. The Bertz CT molecular complexity index is 146. The minimum absolute atomic E-state index is 0. The molecule has 4 nitrogen and oxygen atoms in total. The fraction of sp³-hybridized carbons (Fsp3) is 1.00. The molecule has 0 fully saturated rings. The molecule has 0 saturated heterocycles. The molecule has 52 valence electrons. The van der Waals surface area contributed by atoms with E-state index in [2.05, 4.69) is 4.84 Å². The summed E-state index contributed by atoms with van der Waals surface area (Å²) in [4.78, 5) is 2.06. The summed E-state index contributed by atoms with van der Waals surface area (Å²) >= 11 is 4.88. The fourth-order valence-corrected chi connectivity index (χ4v) is 0.734. The fourth-order valence-electron chi connectivity index (χ4n) is 0.168. The third-order valence-corrected chi connectivity index (χ3v) is 1.36. The Labute approximate surface area is 81.1 Å². The van der Waals surface area contributed by atoms with E-state index >= 15 is 0 Å². The van der Waals surface area contributed by atoms with Gasteiger partial charge in [0, 0.05) is 6.54 Å². The molecule has 0 rings (SSSR count). The van der Waals surface area contributed by atoms with Gasteiger partial charge in [-0.2, -0.15) is 8.42 Å². The third-order valence-electron chi connectivity index (χ3n) is 0.455. The van der Waals surface area contributed by atoms with Gasteiger partial charge in [0.1, 0.15) is 0 Å². The standard InChI is InChI=1S/C2H6ClNO3S.Na.H/c3-4-1-2-8(5,6)7;;/h4H,1-2H2,(H,5,6,7);;. The molecule has 0 aliphatic heterocycles. The van der Waals surface area contributed by atoms with Crippen LogP contribution in [0, 0.1) is 0 Å². The van der Waals surface area contributed by atoms with Crippen molar-refractivity contribution in [3.8, 4) is 0 Å². The second-order valence-electron chi connectivity index (χ2n) is 1.17. The van der Waals surface area contributed by atoms with E-state index in [1.54, 1.807) is 0 Å². The molecule has 0 aliphatic rings. The van der Waals surface area contributed by atoms with Gasteiger partial charge in [0.25, 0.3) is 10.1 Å². The molecule has 0 spiro atoms. The van der Waals surface area contributed by atoms with Gasteiger partial charge in [0.05, 0.1) is 5.75 Å². The Balaban J connectivity index is 0. The molecule has 0 atom stereocenters. The van der Waals surface area contributed by atoms with E-state index in [-0.39, 0.29) is 41.9 Å². The monoisotopic (exact) mass is 183 g/mol. The Morgan fingerprint density at radius 3 is 2.11 bits per heavy atom. The van der Waals surface area contributed by atoms with E-state index in [1.807, 2.05) is 0 Å². The Kier molecular flexibility index (Phi) is 8.41. The number of hydrogen-bond acceptors (Lipinski definition) is 3. The molecule has 0 amide bonds. The van der Waals surface area contributed by atoms with Gasteiger partial charge in [-0.3, -0.25) is 4.55 Å². The van der Waals surface area contributed by atoms with Crippen LogP contribution in [0.3, 0.4) is 0 Å². The van der Waals surface area contributed by atoms with Crippen LogP contribution < -0.4 is 4.84 Å². The maximum atomic E-state index is 9.85. The molecule has 0 unspecified atom stereocenters. The van der Waals surface area contributed by atoms with Crippen molar-refractivity contribution in [1.29, 1.82) is 0 Å². The van der Waals surface area contributed by atoms with Crippen LogP contribution in [0.25, 0.3) is 0 Å². The van der Waals surface area contributed by atoms with Crippen molar-refractivity contribution in [2.24, 2.45) is 0 Å². The Morgan fingerprint density at radius 2 is 2.00 bits per heavy atom. The van der Waals surface area contributed by atoms with Crippen molar-refractivity contribution >= 4 is 51.5 Å². The van der Waals surface area contributed by atoms with Crippen LogP contribution in [0.15, 0.2) is 0 Å². The van der Waals surface area contributed by atoms with Gasteiger partial charge < -0.3 is 0 Å². The summed E-state index contributed by atoms with van der Waals surface area (Å²) in [5.74, 6) is -0.351. The first-order valence-electron chi connectivity index (χ1n) is 1.85. The summed E-state index contributed by atoms with van der Waals surface area (Å²) in [5, 5.41) is 0. The molecule has 0 aromatic carbocycles. The van der Waals surface area contributed by atoms with Crippen LogP contribution in [0.1, 0.15) is 0 Å². The van der Waals surface area contributed by atoms with E-state index in [9.17, 15) is 8.42 Å². The average molecular weight is 184 g/mol. The zero-order valence-corrected chi connectivity index (χ0v) is 5.54. The Morgan fingerprint density at radius 1 is 1.56 bits per heavy atom. The van der Waals surface area contributed by atoms with Crippen molar-refractivity contribution in [2.45, 2.75) is 0 Å². The molecule has 7 heteroatoms. The van der Waals surface area contributed by atoms with Crippen LogP contribution in [0.2, 0.25) is 0 Å². The number of halogens is 1. The average Bonchev–Trinajstić information content (AvgIpc) is 1.59. The topological polar surface area (TPSA) is 66.4 Å². The minimum atomic E-state index is -3.83. The molecule has 0 radical (unpaired) electrons. The summed E-state index contributed by atoms with van der Waals surface area (Å²) < 4.78 is 27.7. The summed E-state index contributed by atoms with van der Waals surface area (Å²) in [6.45, 7) is 0.0559. The first kappa shape index (κ1) is 12.8. The second kappa shape index (κ2) is 5.91. The molecule has 0 aromatic rings. The predicted octanol–water partition coefficient (Wildman–Crippen LogP) is -1.03. The predicted molar refractivity (Wildman–Crippen MR) is 37.4 cm³/mol. The molecule has 9 heavy (non-hydrogen) atoms. The summed E-state index contributed by atoms with van der Waals surface area (Å²) in [6, 6.07) is 0. The van der Waals surface area contributed by atoms with E-state index < -0.39 is 10.1 Å². The van der Waals surface area contributed by atoms with Gasteiger partial charge in [-0.1, -0.05) is 0 Å². The van der Waals surface area contributed by atoms with Crippen LogP contribution in [0.4, 0.5) is 0 Å². The van der Waals surface area contributed by atoms with Gasteiger partial charge in [-0.05, 0) is 11.8 Å². The SMILES string of the molecule is O=S(=O)(O)CCNCl.[NaH]. The molecule has 0 aliphatic carbocycles. The van der Waals surface area contributed by atoms with E-state index in [0.29, 0.717) is 0 Å². The number of hydrogen-bond donors (Lipinski definition) is 2. The summed E-state index contributed by atoms with van der Waals surface area (Å²) in [7, 11) is -3.83. The number of rotatable bonds is 3. The van der Waals surface area contributed by atoms with Crippen LogP contribution in [-0.4, -0.2) is 54.8 Å². The molecular formula is C2H7ClNNaO3S. The second-order valence-corrected chi connectivity index (χ2v) is 3.01. The third kappa shape index (κ3) is 12.4. The van der Waals surface area contributed by atoms with Gasteiger partial charge in [0.15, 0.2) is 0 Å². The van der Waals surface area contributed by atoms with Crippen molar-refractivity contribution in [2.75, 3.05) is 12.3 Å². The Hall–Kier alpha value is 1.16. The van der Waals surface area contributed by atoms with Gasteiger partial charge in [-0.15, -0.1) is 0 Å². The first-order chi connectivity index (χ1) is 3.56. The van der Waals surface area contributed by atoms with E-state index in [1.165, 1.54) is 0 Å². The zero-order chi connectivity index (χ0) is 6.62. The van der Waals surface area contributed by atoms with E-state index in [4.69, 9.17) is 16.3 Å². The van der Waals surface area contributed by atoms with Crippen LogP contribution >= 0.6 is 11.8 Å². The molecule has 0 aromatic heterocycles. The molecule has 0 saturated carbocycles. The quantitative estimate of drug-likeness (QED) is 0.334. The first-order valence-corrected chi connectivity index (χ1v) is 3.83. The molecule has 2 N–H and O–H groups in total. The maximum absolute atomic E-state index is 9.85. The summed E-state index contributed by atoms with van der Waals surface area (Å²) in [6.07, 6.45) is 0. The van der Waals surface area contributed by atoms with E-state index in [0.717, 1.165) is 0 Å². The summed E-state index contributed by atoms with van der Waals surface area (Å²) in [5.41, 5.74) is 0.